The van der Waals surface area contributed by atoms with E-state index in [4.69, 9.17) is 9.79 Å². The van der Waals surface area contributed by atoms with Gasteiger partial charge in [0.1, 0.15) is 0 Å². The van der Waals surface area contributed by atoms with Crippen molar-refractivity contribution in [3.05, 3.63) is 40.7 Å². The Labute approximate surface area is 172 Å². The first-order chi connectivity index (χ1) is 13.9. The first kappa shape index (κ1) is 20.9. The van der Waals surface area contributed by atoms with E-state index >= 15 is 0 Å². The maximum absolute atomic E-state index is 13.1. The first-order valence-electron chi connectivity index (χ1n) is 9.62. The molecular weight excluding hydrogens is 413 g/mol. The molecule has 1 fully saturated rings. The molecule has 0 bridgehead atoms. The van der Waals surface area contributed by atoms with E-state index in [0.717, 1.165) is 24.1 Å². The van der Waals surface area contributed by atoms with Crippen molar-refractivity contribution < 1.29 is 28.4 Å². The molecule has 2 heterocycles. The Hall–Kier alpha value is -2.33. The fourth-order valence-corrected chi connectivity index (χ4v) is 4.20. The van der Waals surface area contributed by atoms with Crippen LogP contribution >= 0.6 is 7.82 Å². The topological polar surface area (TPSA) is 154 Å². The predicted octanol–water partition coefficient (Wildman–Crippen LogP) is 0.814. The third-order valence-electron chi connectivity index (χ3n) is 5.62. The Bertz CT molecular complexity index is 1040. The Balaban J connectivity index is 1.64. The minimum Gasteiger partial charge on any atom is -0.619 e. The van der Waals surface area contributed by atoms with Gasteiger partial charge in [-0.15, -0.1) is 0 Å². The van der Waals surface area contributed by atoms with Gasteiger partial charge in [-0.2, -0.15) is 9.83 Å². The van der Waals surface area contributed by atoms with E-state index in [1.165, 1.54) is 18.6 Å². The molecule has 1 amide bonds. The van der Waals surface area contributed by atoms with Crippen molar-refractivity contribution in [3.8, 4) is 5.82 Å². The second-order valence-corrected chi connectivity index (χ2v) is 10.1. The number of fused-ring (bicyclic) bond motifs is 3. The van der Waals surface area contributed by atoms with Crippen molar-refractivity contribution in [2.45, 2.75) is 45.6 Å². The Morgan fingerprint density at radius 3 is 2.87 bits per heavy atom. The standard InChI is InChI=1S/C18H24N5O6P/c1-18(2,3)13(9-29-30(26,27)28)20-17(24)15-12-7-10-6-11(10)16(12)23(21-15)14-8-22(25)5-4-19-14/h4-5,8,10-11,13H,6-7,9H2,1-3H3,(H,20,24)(H2,26,27,28). The number of phosphoric acid groups is 1. The molecule has 12 heteroatoms. The number of aromatic nitrogens is 4. The molecular formula is C18H24N5O6P. The number of rotatable bonds is 6. The number of nitrogens with zero attached hydrogens (tertiary/aromatic N) is 4. The van der Waals surface area contributed by atoms with E-state index < -0.39 is 25.2 Å². The highest BCUT2D eigenvalue weighted by atomic mass is 31.2. The van der Waals surface area contributed by atoms with Gasteiger partial charge in [0.15, 0.2) is 11.9 Å². The van der Waals surface area contributed by atoms with Crippen LogP contribution in [0.5, 0.6) is 0 Å². The number of hydrogen-bond donors (Lipinski definition) is 3. The highest BCUT2D eigenvalue weighted by Crippen LogP contribution is 2.57. The lowest BCUT2D eigenvalue weighted by atomic mass is 9.87. The van der Waals surface area contributed by atoms with Gasteiger partial charge in [0.25, 0.3) is 5.91 Å². The van der Waals surface area contributed by atoms with Crippen LogP contribution in [0.1, 0.15) is 54.9 Å². The summed E-state index contributed by atoms with van der Waals surface area (Å²) >= 11 is 0. The highest BCUT2D eigenvalue weighted by molar-refractivity contribution is 7.46. The fraction of sp³-hybridized carbons (Fsp3) is 0.556. The zero-order chi connectivity index (χ0) is 21.8. The number of hydrogen-bond acceptors (Lipinski definition) is 6. The normalized spacial score (nSPS) is 21.1. The molecule has 0 aromatic carbocycles. The van der Waals surface area contributed by atoms with E-state index in [1.54, 1.807) is 4.68 Å². The number of nitrogens with one attached hydrogen (secondary N) is 1. The van der Waals surface area contributed by atoms with Crippen LogP contribution in [0.15, 0.2) is 18.6 Å². The van der Waals surface area contributed by atoms with Gasteiger partial charge in [0, 0.05) is 11.5 Å². The molecule has 30 heavy (non-hydrogen) atoms. The highest BCUT2D eigenvalue weighted by Gasteiger charge is 2.50. The second-order valence-electron chi connectivity index (χ2n) is 8.88. The molecule has 0 saturated heterocycles. The number of carbonyl (C=O) groups is 1. The van der Waals surface area contributed by atoms with Crippen LogP contribution in [0.25, 0.3) is 5.82 Å². The minimum atomic E-state index is -4.67. The molecule has 2 aliphatic rings. The van der Waals surface area contributed by atoms with Crippen LogP contribution in [-0.2, 0) is 15.5 Å². The summed E-state index contributed by atoms with van der Waals surface area (Å²) in [5.74, 6) is 0.655. The lowest BCUT2D eigenvalue weighted by molar-refractivity contribution is -0.605. The van der Waals surface area contributed by atoms with E-state index in [0.29, 0.717) is 22.4 Å². The van der Waals surface area contributed by atoms with Gasteiger partial charge < -0.3 is 20.3 Å². The molecule has 162 valence electrons. The molecule has 2 aliphatic carbocycles. The largest absolute Gasteiger partial charge is 0.619 e. The molecule has 4 rings (SSSR count). The molecule has 0 radical (unpaired) electrons. The number of carbonyl (C=O) groups excluding carboxylic acids is 1. The van der Waals surface area contributed by atoms with Gasteiger partial charge in [-0.1, -0.05) is 20.8 Å². The fourth-order valence-electron chi connectivity index (χ4n) is 3.85. The Morgan fingerprint density at radius 2 is 2.23 bits per heavy atom. The summed E-state index contributed by atoms with van der Waals surface area (Å²) in [6, 6.07) is -0.659. The van der Waals surface area contributed by atoms with Crippen molar-refractivity contribution in [3.63, 3.8) is 0 Å². The molecule has 3 atom stereocenters. The number of amides is 1. The van der Waals surface area contributed by atoms with Gasteiger partial charge >= 0.3 is 7.82 Å². The third kappa shape index (κ3) is 4.11. The van der Waals surface area contributed by atoms with Crippen molar-refractivity contribution in [1.82, 2.24) is 20.1 Å². The zero-order valence-electron chi connectivity index (χ0n) is 16.8. The Morgan fingerprint density at radius 1 is 1.50 bits per heavy atom. The van der Waals surface area contributed by atoms with Crippen LogP contribution in [0, 0.1) is 16.5 Å². The smallest absolute Gasteiger partial charge is 0.469 e. The molecule has 0 spiro atoms. The SMILES string of the molecule is CC(C)(C)C(COP(=O)(O)O)NC(=O)c1nn(-c2c[n+]([O-])ccn2)c2c1CC1CC21. The lowest BCUT2D eigenvalue weighted by Gasteiger charge is -2.31. The van der Waals surface area contributed by atoms with Crippen LogP contribution in [-0.4, -0.2) is 43.1 Å². The van der Waals surface area contributed by atoms with Gasteiger partial charge in [-0.3, -0.25) is 9.32 Å². The summed E-state index contributed by atoms with van der Waals surface area (Å²) < 4.78 is 17.9. The molecule has 3 unspecified atom stereocenters. The summed E-state index contributed by atoms with van der Waals surface area (Å²) in [5.41, 5.74) is 1.46. The number of phosphoric ester groups is 1. The third-order valence-corrected chi connectivity index (χ3v) is 6.10. The Kier molecular flexibility index (Phi) is 4.97. The first-order valence-corrected chi connectivity index (χ1v) is 11.1. The molecule has 2 aromatic heterocycles. The van der Waals surface area contributed by atoms with Crippen molar-refractivity contribution >= 4 is 13.7 Å². The van der Waals surface area contributed by atoms with E-state index in [1.807, 2.05) is 20.8 Å². The van der Waals surface area contributed by atoms with Gasteiger partial charge in [0.05, 0.1) is 24.5 Å². The van der Waals surface area contributed by atoms with Crippen LogP contribution < -0.4 is 10.0 Å². The van der Waals surface area contributed by atoms with E-state index in [-0.39, 0.29) is 12.3 Å². The molecule has 1 saturated carbocycles. The van der Waals surface area contributed by atoms with Gasteiger partial charge in [0.2, 0.25) is 12.0 Å². The van der Waals surface area contributed by atoms with Crippen LogP contribution in [0.4, 0.5) is 0 Å². The molecule has 2 aromatic rings. The van der Waals surface area contributed by atoms with Crippen molar-refractivity contribution in [2.75, 3.05) is 6.61 Å². The van der Waals surface area contributed by atoms with E-state index in [2.05, 4.69) is 19.9 Å². The molecule has 11 nitrogen and oxygen atoms in total. The van der Waals surface area contributed by atoms with Gasteiger partial charge in [-0.05, 0) is 24.2 Å². The van der Waals surface area contributed by atoms with E-state index in [9.17, 15) is 14.6 Å². The lowest BCUT2D eigenvalue weighted by Crippen LogP contribution is -2.47. The zero-order valence-corrected chi connectivity index (χ0v) is 17.7. The summed E-state index contributed by atoms with van der Waals surface area (Å²) in [4.78, 5) is 35.4. The van der Waals surface area contributed by atoms with Crippen molar-refractivity contribution in [2.24, 2.45) is 11.3 Å². The summed E-state index contributed by atoms with van der Waals surface area (Å²) in [6.07, 6.45) is 5.70. The molecule has 3 N–H and O–H groups in total. The maximum atomic E-state index is 13.1. The second kappa shape index (κ2) is 7.12. The monoisotopic (exact) mass is 437 g/mol. The average molecular weight is 437 g/mol. The quantitative estimate of drug-likeness (QED) is 0.341. The maximum Gasteiger partial charge on any atom is 0.469 e. The van der Waals surface area contributed by atoms with Crippen molar-refractivity contribution in [1.29, 1.82) is 0 Å². The predicted molar refractivity (Wildman–Crippen MR) is 104 cm³/mol. The summed E-state index contributed by atoms with van der Waals surface area (Å²) in [6.45, 7) is 5.16. The average Bonchev–Trinajstić information content (AvgIpc) is 3.12. The van der Waals surface area contributed by atoms with Crippen LogP contribution in [0.2, 0.25) is 0 Å². The minimum absolute atomic E-state index is 0.241. The van der Waals surface area contributed by atoms with Gasteiger partial charge in [-0.25, -0.2) is 14.2 Å². The summed E-state index contributed by atoms with van der Waals surface area (Å²) in [7, 11) is -4.67. The summed E-state index contributed by atoms with van der Waals surface area (Å²) in [5, 5.41) is 19.0. The molecule has 0 aliphatic heterocycles. The van der Waals surface area contributed by atoms with Crippen LogP contribution in [0.3, 0.4) is 0 Å².